The number of benzene rings is 1. The maximum Gasteiger partial charge on any atom is 0.191 e. The smallest absolute Gasteiger partial charge is 0.191 e. The Morgan fingerprint density at radius 3 is 2.48 bits per heavy atom. The molecule has 1 unspecified atom stereocenters. The number of nitrogens with zero attached hydrogens (tertiary/aromatic N) is 2. The van der Waals surface area contributed by atoms with Gasteiger partial charge in [0.1, 0.15) is 11.5 Å². The standard InChI is InChI=1S/C24H36N4O2S/c1-5-25-24(26-17-18(2)13-23-7-6-12-31-23)27-19-8-10-28(11-9-19)20-14-21(29-3)16-22(15-20)30-4/h6-7,12,14-16,18-19H,5,8-11,13,17H2,1-4H3,(H2,25,26,27). The van der Waals surface area contributed by atoms with Crippen LogP contribution in [0.3, 0.4) is 0 Å². The van der Waals surface area contributed by atoms with E-state index < -0.39 is 0 Å². The van der Waals surface area contributed by atoms with Crippen molar-refractivity contribution in [2.75, 3.05) is 45.3 Å². The topological polar surface area (TPSA) is 58.1 Å². The molecular weight excluding hydrogens is 408 g/mol. The summed E-state index contributed by atoms with van der Waals surface area (Å²) < 4.78 is 10.9. The zero-order valence-electron chi connectivity index (χ0n) is 19.2. The van der Waals surface area contributed by atoms with Gasteiger partial charge in [-0.25, -0.2) is 0 Å². The Morgan fingerprint density at radius 1 is 1.19 bits per heavy atom. The van der Waals surface area contributed by atoms with Gasteiger partial charge in [-0.3, -0.25) is 4.99 Å². The summed E-state index contributed by atoms with van der Waals surface area (Å²) >= 11 is 1.83. The van der Waals surface area contributed by atoms with Crippen LogP contribution in [0.1, 0.15) is 31.6 Å². The Kier molecular flexibility index (Phi) is 8.88. The molecule has 2 aromatic rings. The number of aliphatic imine (C=N–C) groups is 1. The highest BCUT2D eigenvalue weighted by molar-refractivity contribution is 7.09. The minimum absolute atomic E-state index is 0.425. The van der Waals surface area contributed by atoms with E-state index in [0.29, 0.717) is 12.0 Å². The third kappa shape index (κ3) is 7.06. The van der Waals surface area contributed by atoms with Crippen molar-refractivity contribution < 1.29 is 9.47 Å². The molecule has 0 aliphatic carbocycles. The van der Waals surface area contributed by atoms with E-state index in [1.165, 1.54) is 4.88 Å². The van der Waals surface area contributed by atoms with Crippen LogP contribution in [-0.2, 0) is 6.42 Å². The van der Waals surface area contributed by atoms with E-state index in [-0.39, 0.29) is 0 Å². The average Bonchev–Trinajstić information content (AvgIpc) is 3.30. The summed E-state index contributed by atoms with van der Waals surface area (Å²) in [6.07, 6.45) is 3.21. The Labute approximate surface area is 190 Å². The molecule has 1 aliphatic heterocycles. The van der Waals surface area contributed by atoms with Gasteiger partial charge in [0.05, 0.1) is 14.2 Å². The SMILES string of the molecule is CCNC(=NCC(C)Cc1cccs1)NC1CCN(c2cc(OC)cc(OC)c2)CC1. The highest BCUT2D eigenvalue weighted by Crippen LogP contribution is 2.30. The largest absolute Gasteiger partial charge is 0.497 e. The molecule has 0 amide bonds. The maximum absolute atomic E-state index is 5.43. The average molecular weight is 445 g/mol. The zero-order valence-corrected chi connectivity index (χ0v) is 20.0. The fourth-order valence-corrected chi connectivity index (χ4v) is 4.72. The second-order valence-electron chi connectivity index (χ2n) is 8.08. The first-order valence-electron chi connectivity index (χ1n) is 11.2. The van der Waals surface area contributed by atoms with E-state index >= 15 is 0 Å². The van der Waals surface area contributed by atoms with Gasteiger partial charge >= 0.3 is 0 Å². The highest BCUT2D eigenvalue weighted by atomic mass is 32.1. The van der Waals surface area contributed by atoms with Gasteiger partial charge in [0.25, 0.3) is 0 Å². The molecule has 6 nitrogen and oxygen atoms in total. The van der Waals surface area contributed by atoms with Crippen molar-refractivity contribution in [2.45, 2.75) is 39.2 Å². The van der Waals surface area contributed by atoms with Crippen molar-refractivity contribution >= 4 is 23.0 Å². The molecule has 2 heterocycles. The summed E-state index contributed by atoms with van der Waals surface area (Å²) in [5.74, 6) is 3.11. The van der Waals surface area contributed by atoms with Crippen molar-refractivity contribution in [3.63, 3.8) is 0 Å². The Morgan fingerprint density at radius 2 is 1.90 bits per heavy atom. The predicted octanol–water partition coefficient (Wildman–Crippen LogP) is 4.17. The quantitative estimate of drug-likeness (QED) is 0.449. The van der Waals surface area contributed by atoms with Crippen LogP contribution >= 0.6 is 11.3 Å². The number of thiophene rings is 1. The second kappa shape index (κ2) is 11.8. The van der Waals surface area contributed by atoms with Gasteiger partial charge < -0.3 is 25.0 Å². The molecule has 1 atom stereocenters. The van der Waals surface area contributed by atoms with Crippen LogP contribution in [0, 0.1) is 5.92 Å². The first-order valence-corrected chi connectivity index (χ1v) is 12.0. The Hall–Kier alpha value is -2.41. The molecule has 1 fully saturated rings. The van der Waals surface area contributed by atoms with Gasteiger partial charge in [-0.1, -0.05) is 13.0 Å². The molecule has 0 saturated carbocycles. The van der Waals surface area contributed by atoms with Crippen molar-refractivity contribution in [1.82, 2.24) is 10.6 Å². The number of nitrogens with one attached hydrogen (secondary N) is 2. The van der Waals surface area contributed by atoms with Crippen LogP contribution in [0.15, 0.2) is 40.7 Å². The third-order valence-electron chi connectivity index (χ3n) is 5.57. The molecule has 1 aliphatic rings. The molecule has 0 radical (unpaired) electrons. The minimum Gasteiger partial charge on any atom is -0.497 e. The molecular formula is C24H36N4O2S. The summed E-state index contributed by atoms with van der Waals surface area (Å²) in [6, 6.07) is 10.8. The number of rotatable bonds is 9. The number of ether oxygens (including phenoxy) is 2. The molecule has 1 aromatic carbocycles. The number of methoxy groups -OCH3 is 2. The Balaban J connectivity index is 1.53. The third-order valence-corrected chi connectivity index (χ3v) is 6.47. The molecule has 3 rings (SSSR count). The lowest BCUT2D eigenvalue weighted by Crippen LogP contribution is -2.49. The molecule has 7 heteroatoms. The van der Waals surface area contributed by atoms with E-state index in [1.807, 2.05) is 17.4 Å². The number of anilines is 1. The van der Waals surface area contributed by atoms with Gasteiger partial charge in [-0.2, -0.15) is 0 Å². The molecule has 2 N–H and O–H groups in total. The summed E-state index contributed by atoms with van der Waals surface area (Å²) in [5, 5.41) is 9.21. The van der Waals surface area contributed by atoms with Crippen molar-refractivity contribution in [3.8, 4) is 11.5 Å². The summed E-state index contributed by atoms with van der Waals surface area (Å²) in [7, 11) is 3.38. The van der Waals surface area contributed by atoms with Gasteiger partial charge in [0, 0.05) is 61.0 Å². The number of hydrogen-bond donors (Lipinski definition) is 2. The normalized spacial score (nSPS) is 16.1. The number of piperidine rings is 1. The van der Waals surface area contributed by atoms with Crippen molar-refractivity contribution in [2.24, 2.45) is 10.9 Å². The first-order chi connectivity index (χ1) is 15.1. The monoisotopic (exact) mass is 444 g/mol. The van der Waals surface area contributed by atoms with Gasteiger partial charge in [-0.15, -0.1) is 11.3 Å². The first kappa shape index (κ1) is 23.3. The van der Waals surface area contributed by atoms with E-state index in [4.69, 9.17) is 14.5 Å². The predicted molar refractivity (Wildman–Crippen MR) is 131 cm³/mol. The van der Waals surface area contributed by atoms with E-state index in [2.05, 4.69) is 59.0 Å². The Bertz CT molecular complexity index is 795. The molecule has 170 valence electrons. The molecule has 1 aromatic heterocycles. The zero-order chi connectivity index (χ0) is 22.1. The molecule has 1 saturated heterocycles. The summed E-state index contributed by atoms with van der Waals surface area (Å²) in [6.45, 7) is 8.06. The number of hydrogen-bond acceptors (Lipinski definition) is 5. The van der Waals surface area contributed by atoms with Crippen LogP contribution < -0.4 is 25.0 Å². The molecule has 31 heavy (non-hydrogen) atoms. The second-order valence-corrected chi connectivity index (χ2v) is 9.12. The lowest BCUT2D eigenvalue weighted by atomic mass is 10.0. The summed E-state index contributed by atoms with van der Waals surface area (Å²) in [5.41, 5.74) is 1.15. The van der Waals surface area contributed by atoms with Gasteiger partial charge in [0.15, 0.2) is 5.96 Å². The van der Waals surface area contributed by atoms with Crippen LogP contribution in [-0.4, -0.2) is 52.4 Å². The fraction of sp³-hybridized carbons (Fsp3) is 0.542. The van der Waals surface area contributed by atoms with Crippen molar-refractivity contribution in [3.05, 3.63) is 40.6 Å². The van der Waals surface area contributed by atoms with E-state index in [1.54, 1.807) is 14.2 Å². The molecule has 0 bridgehead atoms. The van der Waals surface area contributed by atoms with Crippen LogP contribution in [0.2, 0.25) is 0 Å². The van der Waals surface area contributed by atoms with Crippen LogP contribution in [0.5, 0.6) is 11.5 Å². The van der Waals surface area contributed by atoms with Crippen LogP contribution in [0.25, 0.3) is 0 Å². The minimum atomic E-state index is 0.425. The van der Waals surface area contributed by atoms with E-state index in [9.17, 15) is 0 Å². The lowest BCUT2D eigenvalue weighted by Gasteiger charge is -2.35. The summed E-state index contributed by atoms with van der Waals surface area (Å²) in [4.78, 5) is 8.69. The lowest BCUT2D eigenvalue weighted by molar-refractivity contribution is 0.393. The molecule has 0 spiro atoms. The maximum atomic E-state index is 5.43. The highest BCUT2D eigenvalue weighted by Gasteiger charge is 2.21. The number of guanidine groups is 1. The van der Waals surface area contributed by atoms with Gasteiger partial charge in [0.2, 0.25) is 0 Å². The fourth-order valence-electron chi connectivity index (χ4n) is 3.85. The van der Waals surface area contributed by atoms with E-state index in [0.717, 1.165) is 68.6 Å². The van der Waals surface area contributed by atoms with Crippen molar-refractivity contribution in [1.29, 1.82) is 0 Å². The van der Waals surface area contributed by atoms with Gasteiger partial charge in [-0.05, 0) is 43.6 Å². The van der Waals surface area contributed by atoms with Crippen LogP contribution in [0.4, 0.5) is 5.69 Å².